The molecular formula is C17H21N3O3. The first-order valence-electron chi connectivity index (χ1n) is 7.38. The van der Waals surface area contributed by atoms with Crippen molar-refractivity contribution in [2.24, 2.45) is 5.10 Å². The van der Waals surface area contributed by atoms with Crippen LogP contribution in [0, 0.1) is 0 Å². The molecule has 1 aromatic carbocycles. The molecule has 0 bridgehead atoms. The molecule has 2 N–H and O–H groups in total. The van der Waals surface area contributed by atoms with Gasteiger partial charge < -0.3 is 14.4 Å². The molecule has 6 nitrogen and oxygen atoms in total. The number of hydrogen-bond acceptors (Lipinski definition) is 5. The van der Waals surface area contributed by atoms with E-state index < -0.39 is 6.10 Å². The van der Waals surface area contributed by atoms with Crippen molar-refractivity contribution in [1.29, 1.82) is 0 Å². The zero-order valence-electron chi connectivity index (χ0n) is 13.3. The third kappa shape index (κ3) is 5.27. The maximum Gasteiger partial charge on any atom is 0.240 e. The van der Waals surface area contributed by atoms with E-state index in [1.807, 2.05) is 55.4 Å². The summed E-state index contributed by atoms with van der Waals surface area (Å²) >= 11 is 0. The summed E-state index contributed by atoms with van der Waals surface area (Å²) in [4.78, 5) is 13.5. The molecule has 2 aromatic rings. The summed E-state index contributed by atoms with van der Waals surface area (Å²) in [7, 11) is 3.75. The summed E-state index contributed by atoms with van der Waals surface area (Å²) < 4.78 is 5.47. The molecule has 1 aromatic heterocycles. The average Bonchev–Trinajstić information content (AvgIpc) is 3.02. The first-order chi connectivity index (χ1) is 11.1. The number of carbonyl (C=O) groups is 1. The SMILES string of the molecule is CN(C)c1ccc(/C=N\NC(=O)CC[C@@H](O)c2ccccc2)o1. The second-order valence-corrected chi connectivity index (χ2v) is 5.33. The highest BCUT2D eigenvalue weighted by atomic mass is 16.4. The second-order valence-electron chi connectivity index (χ2n) is 5.33. The maximum absolute atomic E-state index is 11.7. The van der Waals surface area contributed by atoms with Crippen molar-refractivity contribution >= 4 is 18.0 Å². The highest BCUT2D eigenvalue weighted by Gasteiger charge is 2.09. The van der Waals surface area contributed by atoms with E-state index >= 15 is 0 Å². The molecule has 1 heterocycles. The van der Waals surface area contributed by atoms with Crippen LogP contribution < -0.4 is 10.3 Å². The van der Waals surface area contributed by atoms with Gasteiger partial charge in [0.15, 0.2) is 5.88 Å². The number of benzene rings is 1. The highest BCUT2D eigenvalue weighted by molar-refractivity contribution is 5.80. The number of carbonyl (C=O) groups excluding carboxylic acids is 1. The molecule has 23 heavy (non-hydrogen) atoms. The van der Waals surface area contributed by atoms with Crippen LogP contribution in [0.15, 0.2) is 52.0 Å². The standard InChI is InChI=1S/C17H21N3O3/c1-20(2)17-11-8-14(23-17)12-18-19-16(22)10-9-15(21)13-6-4-3-5-7-13/h3-8,11-12,15,21H,9-10H2,1-2H3,(H,19,22)/b18-12-/t15-/m1/s1. The van der Waals surface area contributed by atoms with E-state index in [2.05, 4.69) is 10.5 Å². The topological polar surface area (TPSA) is 78.1 Å². The number of nitrogens with zero attached hydrogens (tertiary/aromatic N) is 2. The number of furan rings is 1. The Kier molecular flexibility index (Phi) is 5.94. The van der Waals surface area contributed by atoms with Crippen molar-refractivity contribution in [3.63, 3.8) is 0 Å². The Hall–Kier alpha value is -2.60. The van der Waals surface area contributed by atoms with Crippen LogP contribution >= 0.6 is 0 Å². The summed E-state index contributed by atoms with van der Waals surface area (Å²) in [6.45, 7) is 0. The number of amides is 1. The Morgan fingerprint density at radius 2 is 2.04 bits per heavy atom. The molecule has 2 rings (SSSR count). The number of hydrogen-bond donors (Lipinski definition) is 2. The van der Waals surface area contributed by atoms with E-state index in [4.69, 9.17) is 4.42 Å². The van der Waals surface area contributed by atoms with Crippen molar-refractivity contribution in [3.8, 4) is 0 Å². The van der Waals surface area contributed by atoms with Gasteiger partial charge in [0.25, 0.3) is 0 Å². The molecule has 0 saturated carbocycles. The van der Waals surface area contributed by atoms with Gasteiger partial charge >= 0.3 is 0 Å². The van der Waals surface area contributed by atoms with Crippen molar-refractivity contribution in [3.05, 3.63) is 53.8 Å². The van der Waals surface area contributed by atoms with Gasteiger partial charge in [-0.05, 0) is 18.1 Å². The number of aliphatic hydroxyl groups is 1. The lowest BCUT2D eigenvalue weighted by Crippen LogP contribution is -2.18. The van der Waals surface area contributed by atoms with Gasteiger partial charge in [0.2, 0.25) is 5.91 Å². The van der Waals surface area contributed by atoms with Crippen LogP contribution in [-0.4, -0.2) is 31.3 Å². The monoisotopic (exact) mass is 315 g/mol. The van der Waals surface area contributed by atoms with Gasteiger partial charge in [-0.3, -0.25) is 4.79 Å². The van der Waals surface area contributed by atoms with Gasteiger partial charge in [0.05, 0.1) is 12.3 Å². The van der Waals surface area contributed by atoms with Crippen molar-refractivity contribution in [2.45, 2.75) is 18.9 Å². The summed E-state index contributed by atoms with van der Waals surface area (Å²) in [6, 6.07) is 12.8. The van der Waals surface area contributed by atoms with Crippen LogP contribution in [0.4, 0.5) is 5.88 Å². The number of rotatable bonds is 7. The van der Waals surface area contributed by atoms with E-state index in [9.17, 15) is 9.90 Å². The third-order valence-corrected chi connectivity index (χ3v) is 3.26. The summed E-state index contributed by atoms with van der Waals surface area (Å²) in [5, 5.41) is 13.8. The van der Waals surface area contributed by atoms with Crippen molar-refractivity contribution in [2.75, 3.05) is 19.0 Å². The van der Waals surface area contributed by atoms with Gasteiger partial charge in [0.1, 0.15) is 5.76 Å². The zero-order chi connectivity index (χ0) is 16.7. The molecule has 0 saturated heterocycles. The number of aliphatic hydroxyl groups excluding tert-OH is 1. The lowest BCUT2D eigenvalue weighted by atomic mass is 10.1. The molecular weight excluding hydrogens is 294 g/mol. The van der Waals surface area contributed by atoms with E-state index in [0.29, 0.717) is 18.1 Å². The molecule has 0 fully saturated rings. The van der Waals surface area contributed by atoms with Crippen LogP contribution in [0.1, 0.15) is 30.3 Å². The van der Waals surface area contributed by atoms with Crippen molar-refractivity contribution in [1.82, 2.24) is 5.43 Å². The second kappa shape index (κ2) is 8.14. The largest absolute Gasteiger partial charge is 0.440 e. The Morgan fingerprint density at radius 3 is 2.70 bits per heavy atom. The lowest BCUT2D eigenvalue weighted by molar-refractivity contribution is -0.121. The molecule has 0 aliphatic heterocycles. The van der Waals surface area contributed by atoms with E-state index in [1.54, 1.807) is 6.07 Å². The van der Waals surface area contributed by atoms with E-state index in [0.717, 1.165) is 5.56 Å². The molecule has 1 atom stereocenters. The smallest absolute Gasteiger partial charge is 0.240 e. The molecule has 0 aliphatic carbocycles. The third-order valence-electron chi connectivity index (χ3n) is 3.26. The van der Waals surface area contributed by atoms with Gasteiger partial charge in [-0.25, -0.2) is 5.43 Å². The number of hydrazone groups is 1. The molecule has 0 spiro atoms. The predicted octanol–water partition coefficient (Wildman–Crippen LogP) is 2.31. The molecule has 6 heteroatoms. The Balaban J connectivity index is 1.75. The lowest BCUT2D eigenvalue weighted by Gasteiger charge is -2.09. The predicted molar refractivity (Wildman–Crippen MR) is 89.4 cm³/mol. The van der Waals surface area contributed by atoms with E-state index in [-0.39, 0.29) is 12.3 Å². The van der Waals surface area contributed by atoms with Gasteiger partial charge in [0, 0.05) is 26.6 Å². The Bertz CT molecular complexity index is 650. The fraction of sp³-hybridized carbons (Fsp3) is 0.294. The van der Waals surface area contributed by atoms with Crippen LogP contribution in [0.25, 0.3) is 0 Å². The molecule has 1 amide bonds. The van der Waals surface area contributed by atoms with Crippen LogP contribution in [0.5, 0.6) is 0 Å². The quantitative estimate of drug-likeness (QED) is 0.607. The summed E-state index contributed by atoms with van der Waals surface area (Å²) in [5.74, 6) is 1.01. The minimum Gasteiger partial charge on any atom is -0.440 e. The fourth-order valence-corrected chi connectivity index (χ4v) is 1.99. The molecule has 122 valence electrons. The Labute approximate surface area is 135 Å². The van der Waals surface area contributed by atoms with Gasteiger partial charge in [-0.1, -0.05) is 30.3 Å². The normalized spacial score (nSPS) is 12.3. The van der Waals surface area contributed by atoms with E-state index in [1.165, 1.54) is 6.21 Å². The maximum atomic E-state index is 11.7. The first kappa shape index (κ1) is 16.8. The summed E-state index contributed by atoms with van der Waals surface area (Å²) in [6.07, 6.45) is 1.32. The Morgan fingerprint density at radius 1 is 1.30 bits per heavy atom. The van der Waals surface area contributed by atoms with Crippen LogP contribution in [0.3, 0.4) is 0 Å². The van der Waals surface area contributed by atoms with Gasteiger partial charge in [-0.15, -0.1) is 0 Å². The summed E-state index contributed by atoms with van der Waals surface area (Å²) in [5.41, 5.74) is 3.22. The highest BCUT2D eigenvalue weighted by Crippen LogP contribution is 2.17. The number of anilines is 1. The zero-order valence-corrected chi connectivity index (χ0v) is 13.3. The van der Waals surface area contributed by atoms with Crippen LogP contribution in [-0.2, 0) is 4.79 Å². The molecule has 0 radical (unpaired) electrons. The van der Waals surface area contributed by atoms with Crippen molar-refractivity contribution < 1.29 is 14.3 Å². The molecule has 0 aliphatic rings. The van der Waals surface area contributed by atoms with Gasteiger partial charge in [-0.2, -0.15) is 5.10 Å². The first-order valence-corrected chi connectivity index (χ1v) is 7.38. The minimum atomic E-state index is -0.654. The average molecular weight is 315 g/mol. The minimum absolute atomic E-state index is 0.189. The van der Waals surface area contributed by atoms with Crippen LogP contribution in [0.2, 0.25) is 0 Å². The fourth-order valence-electron chi connectivity index (χ4n) is 1.99. The number of nitrogens with one attached hydrogen (secondary N) is 1. The molecule has 0 unspecified atom stereocenters.